The van der Waals surface area contributed by atoms with Crippen molar-refractivity contribution in [2.24, 2.45) is 23.7 Å². The minimum absolute atomic E-state index is 0.830. The molecule has 5 unspecified atom stereocenters. The van der Waals surface area contributed by atoms with Gasteiger partial charge in [0.15, 0.2) is 0 Å². The molecule has 0 aromatic carbocycles. The normalized spacial score (nSPS) is 39.9. The zero-order valence-corrected chi connectivity index (χ0v) is 12.7. The van der Waals surface area contributed by atoms with Crippen LogP contribution in [-0.2, 0) is 13.0 Å². The Morgan fingerprint density at radius 2 is 2.11 bits per heavy atom. The van der Waals surface area contributed by atoms with Crippen molar-refractivity contribution in [3.05, 3.63) is 21.9 Å². The second-order valence-electron chi connectivity index (χ2n) is 6.86. The maximum Gasteiger partial charge on any atom is 0.0305 e. The van der Waals surface area contributed by atoms with Crippen LogP contribution in [-0.4, -0.2) is 6.04 Å². The van der Waals surface area contributed by atoms with Crippen molar-refractivity contribution < 1.29 is 0 Å². The Hall–Kier alpha value is -0.340. The molecule has 1 nitrogen and oxygen atoms in total. The standard InChI is InChI=1S/C17H25NS/c1-2-11-6-7-19-17(11)10-18-16-9-12-8-15(16)14-5-3-4-13(12)14/h6-7,12-16,18H,2-5,8-10H2,1H3. The van der Waals surface area contributed by atoms with Crippen molar-refractivity contribution >= 4 is 11.3 Å². The van der Waals surface area contributed by atoms with E-state index in [0.717, 1.165) is 36.3 Å². The molecule has 1 heterocycles. The van der Waals surface area contributed by atoms with Gasteiger partial charge in [-0.05, 0) is 72.8 Å². The number of nitrogens with one attached hydrogen (secondary N) is 1. The average Bonchev–Trinajstić information content (AvgIpc) is 3.16. The molecule has 2 heteroatoms. The first-order valence-electron chi connectivity index (χ1n) is 8.15. The fourth-order valence-electron chi connectivity index (χ4n) is 5.36. The van der Waals surface area contributed by atoms with E-state index in [9.17, 15) is 0 Å². The molecule has 0 spiro atoms. The fraction of sp³-hybridized carbons (Fsp3) is 0.765. The maximum atomic E-state index is 3.91. The first kappa shape index (κ1) is 12.4. The van der Waals surface area contributed by atoms with Crippen LogP contribution in [0.15, 0.2) is 11.4 Å². The third-order valence-electron chi connectivity index (χ3n) is 6.17. The van der Waals surface area contributed by atoms with Crippen LogP contribution in [0, 0.1) is 23.7 Å². The lowest BCUT2D eigenvalue weighted by Gasteiger charge is -2.32. The Bertz CT molecular complexity index is 452. The van der Waals surface area contributed by atoms with Crippen LogP contribution in [0.4, 0.5) is 0 Å². The van der Waals surface area contributed by atoms with Gasteiger partial charge in [-0.1, -0.05) is 13.3 Å². The van der Waals surface area contributed by atoms with E-state index in [4.69, 9.17) is 0 Å². The molecule has 3 aliphatic carbocycles. The molecule has 2 bridgehead atoms. The lowest BCUT2D eigenvalue weighted by molar-refractivity contribution is 0.208. The summed E-state index contributed by atoms with van der Waals surface area (Å²) in [5.74, 6) is 4.30. The summed E-state index contributed by atoms with van der Waals surface area (Å²) in [6, 6.07) is 3.13. The van der Waals surface area contributed by atoms with Crippen LogP contribution in [0.1, 0.15) is 49.5 Å². The largest absolute Gasteiger partial charge is 0.309 e. The topological polar surface area (TPSA) is 12.0 Å². The van der Waals surface area contributed by atoms with E-state index >= 15 is 0 Å². The predicted molar refractivity (Wildman–Crippen MR) is 81.4 cm³/mol. The van der Waals surface area contributed by atoms with Crippen LogP contribution >= 0.6 is 11.3 Å². The lowest BCUT2D eigenvalue weighted by Crippen LogP contribution is -2.38. The highest BCUT2D eigenvalue weighted by Gasteiger charge is 2.53. The number of hydrogen-bond acceptors (Lipinski definition) is 2. The molecule has 3 saturated carbocycles. The molecule has 3 fully saturated rings. The summed E-state index contributed by atoms with van der Waals surface area (Å²) >= 11 is 1.93. The summed E-state index contributed by atoms with van der Waals surface area (Å²) in [6.45, 7) is 3.39. The highest BCUT2D eigenvalue weighted by Crippen LogP contribution is 2.58. The van der Waals surface area contributed by atoms with E-state index in [2.05, 4.69) is 23.7 Å². The van der Waals surface area contributed by atoms with Crippen LogP contribution in [0.2, 0.25) is 0 Å². The van der Waals surface area contributed by atoms with Crippen LogP contribution in [0.25, 0.3) is 0 Å². The Morgan fingerprint density at radius 3 is 3.00 bits per heavy atom. The lowest BCUT2D eigenvalue weighted by atomic mass is 9.79. The molecular weight excluding hydrogens is 250 g/mol. The highest BCUT2D eigenvalue weighted by molar-refractivity contribution is 7.10. The van der Waals surface area contributed by atoms with Gasteiger partial charge in [0, 0.05) is 17.5 Å². The molecule has 0 aliphatic heterocycles. The van der Waals surface area contributed by atoms with Gasteiger partial charge in [0.25, 0.3) is 0 Å². The molecule has 0 amide bonds. The number of aryl methyl sites for hydroxylation is 1. The molecule has 1 aromatic heterocycles. The molecular formula is C17H25NS. The monoisotopic (exact) mass is 275 g/mol. The smallest absolute Gasteiger partial charge is 0.0305 e. The van der Waals surface area contributed by atoms with Gasteiger partial charge in [0.2, 0.25) is 0 Å². The summed E-state index contributed by atoms with van der Waals surface area (Å²) in [5.41, 5.74) is 1.55. The van der Waals surface area contributed by atoms with Crippen molar-refractivity contribution in [3.63, 3.8) is 0 Å². The van der Waals surface area contributed by atoms with E-state index in [1.165, 1.54) is 32.1 Å². The van der Waals surface area contributed by atoms with Gasteiger partial charge in [-0.2, -0.15) is 0 Å². The molecule has 0 radical (unpaired) electrons. The average molecular weight is 275 g/mol. The third-order valence-corrected chi connectivity index (χ3v) is 7.14. The van der Waals surface area contributed by atoms with Crippen LogP contribution in [0.3, 0.4) is 0 Å². The predicted octanol–water partition coefficient (Wildman–Crippen LogP) is 4.22. The third kappa shape index (κ3) is 1.99. The number of thiophene rings is 1. The van der Waals surface area contributed by atoms with Gasteiger partial charge in [-0.15, -0.1) is 11.3 Å². The fourth-order valence-corrected chi connectivity index (χ4v) is 6.29. The van der Waals surface area contributed by atoms with Crippen LogP contribution in [0.5, 0.6) is 0 Å². The van der Waals surface area contributed by atoms with Crippen molar-refractivity contribution in [2.75, 3.05) is 0 Å². The Kier molecular flexibility index (Phi) is 3.19. The minimum atomic E-state index is 0.830. The highest BCUT2D eigenvalue weighted by atomic mass is 32.1. The SMILES string of the molecule is CCc1ccsc1CNC1CC2CC1C1CCCC21. The van der Waals surface area contributed by atoms with Crippen molar-refractivity contribution in [3.8, 4) is 0 Å². The summed E-state index contributed by atoms with van der Waals surface area (Å²) in [5, 5.41) is 6.17. The van der Waals surface area contributed by atoms with Gasteiger partial charge in [-0.25, -0.2) is 0 Å². The van der Waals surface area contributed by atoms with Gasteiger partial charge in [-0.3, -0.25) is 0 Å². The van der Waals surface area contributed by atoms with E-state index in [1.54, 1.807) is 16.9 Å². The zero-order chi connectivity index (χ0) is 12.8. The molecule has 3 aliphatic rings. The Labute approximate surface area is 120 Å². The van der Waals surface area contributed by atoms with E-state index in [0.29, 0.717) is 0 Å². The molecule has 0 saturated heterocycles. The van der Waals surface area contributed by atoms with Gasteiger partial charge >= 0.3 is 0 Å². The van der Waals surface area contributed by atoms with E-state index in [-0.39, 0.29) is 0 Å². The number of fused-ring (bicyclic) bond motifs is 5. The molecule has 104 valence electrons. The number of rotatable bonds is 4. The minimum Gasteiger partial charge on any atom is -0.309 e. The number of hydrogen-bond donors (Lipinski definition) is 1. The van der Waals surface area contributed by atoms with Gasteiger partial charge in [0.05, 0.1) is 0 Å². The van der Waals surface area contributed by atoms with Crippen molar-refractivity contribution in [1.29, 1.82) is 0 Å². The molecule has 19 heavy (non-hydrogen) atoms. The molecule has 4 rings (SSSR count). The van der Waals surface area contributed by atoms with E-state index in [1.807, 2.05) is 11.3 Å². The first-order chi connectivity index (χ1) is 9.36. The zero-order valence-electron chi connectivity index (χ0n) is 11.9. The Balaban J connectivity index is 1.40. The molecule has 1 N–H and O–H groups in total. The second-order valence-corrected chi connectivity index (χ2v) is 7.86. The summed E-state index contributed by atoms with van der Waals surface area (Å²) in [7, 11) is 0. The van der Waals surface area contributed by atoms with Crippen LogP contribution < -0.4 is 5.32 Å². The first-order valence-corrected chi connectivity index (χ1v) is 9.03. The summed E-state index contributed by atoms with van der Waals surface area (Å²) in [6.07, 6.45) is 8.78. The van der Waals surface area contributed by atoms with Crippen molar-refractivity contribution in [1.82, 2.24) is 5.32 Å². The van der Waals surface area contributed by atoms with Gasteiger partial charge in [0.1, 0.15) is 0 Å². The van der Waals surface area contributed by atoms with Crippen molar-refractivity contribution in [2.45, 2.75) is 58.0 Å². The Morgan fingerprint density at radius 1 is 1.21 bits per heavy atom. The maximum absolute atomic E-state index is 3.91. The quantitative estimate of drug-likeness (QED) is 0.867. The van der Waals surface area contributed by atoms with Gasteiger partial charge < -0.3 is 5.32 Å². The summed E-state index contributed by atoms with van der Waals surface area (Å²) < 4.78 is 0. The second kappa shape index (κ2) is 4.89. The molecule has 5 atom stereocenters. The summed E-state index contributed by atoms with van der Waals surface area (Å²) in [4.78, 5) is 1.58. The molecule has 1 aromatic rings. The van der Waals surface area contributed by atoms with E-state index < -0.39 is 0 Å².